The van der Waals surface area contributed by atoms with Gasteiger partial charge < -0.3 is 10.2 Å². The van der Waals surface area contributed by atoms with Crippen molar-refractivity contribution in [2.75, 3.05) is 32.6 Å². The molecule has 0 saturated carbocycles. The fourth-order valence-corrected chi connectivity index (χ4v) is 1.52. The summed E-state index contributed by atoms with van der Waals surface area (Å²) in [4.78, 5) is 1.82. The standard InChI is InChI=1S/C11H17FN2/c1-13-8-7-9-5-4-6-10(12)11(9)14(2)3/h4-6,13H,7-8H2,1-3H3. The van der Waals surface area contributed by atoms with Gasteiger partial charge in [-0.1, -0.05) is 12.1 Å². The van der Waals surface area contributed by atoms with Crippen LogP contribution in [0.5, 0.6) is 0 Å². The molecular weight excluding hydrogens is 179 g/mol. The lowest BCUT2D eigenvalue weighted by molar-refractivity contribution is 0.622. The van der Waals surface area contributed by atoms with E-state index in [4.69, 9.17) is 0 Å². The van der Waals surface area contributed by atoms with E-state index in [1.165, 1.54) is 6.07 Å². The van der Waals surface area contributed by atoms with Gasteiger partial charge in [0.1, 0.15) is 5.82 Å². The Kier molecular flexibility index (Phi) is 3.89. The third-order valence-corrected chi connectivity index (χ3v) is 2.16. The van der Waals surface area contributed by atoms with E-state index in [9.17, 15) is 4.39 Å². The molecule has 0 atom stereocenters. The van der Waals surface area contributed by atoms with Gasteiger partial charge in [-0.05, 0) is 31.6 Å². The van der Waals surface area contributed by atoms with Gasteiger partial charge in [-0.15, -0.1) is 0 Å². The minimum atomic E-state index is -0.149. The van der Waals surface area contributed by atoms with Crippen molar-refractivity contribution < 1.29 is 4.39 Å². The molecule has 0 aliphatic rings. The van der Waals surface area contributed by atoms with Crippen molar-refractivity contribution in [1.82, 2.24) is 5.32 Å². The zero-order chi connectivity index (χ0) is 10.6. The summed E-state index contributed by atoms with van der Waals surface area (Å²) in [5.74, 6) is -0.149. The van der Waals surface area contributed by atoms with Gasteiger partial charge in [-0.2, -0.15) is 0 Å². The fourth-order valence-electron chi connectivity index (χ4n) is 1.52. The first kappa shape index (κ1) is 11.0. The smallest absolute Gasteiger partial charge is 0.146 e. The van der Waals surface area contributed by atoms with Crippen LogP contribution in [0, 0.1) is 5.82 Å². The van der Waals surface area contributed by atoms with Crippen LogP contribution in [0.15, 0.2) is 18.2 Å². The maximum absolute atomic E-state index is 13.5. The van der Waals surface area contributed by atoms with E-state index in [1.807, 2.05) is 32.1 Å². The number of para-hydroxylation sites is 1. The summed E-state index contributed by atoms with van der Waals surface area (Å²) >= 11 is 0. The SMILES string of the molecule is CNCCc1cccc(F)c1N(C)C. The van der Waals surface area contributed by atoms with Gasteiger partial charge in [0.2, 0.25) is 0 Å². The molecule has 0 saturated heterocycles. The van der Waals surface area contributed by atoms with Crippen LogP contribution >= 0.6 is 0 Å². The molecule has 0 amide bonds. The first-order chi connectivity index (χ1) is 6.66. The van der Waals surface area contributed by atoms with Crippen LogP contribution in [0.3, 0.4) is 0 Å². The Morgan fingerprint density at radius 3 is 2.64 bits per heavy atom. The number of nitrogens with one attached hydrogen (secondary N) is 1. The lowest BCUT2D eigenvalue weighted by atomic mass is 10.1. The highest BCUT2D eigenvalue weighted by Crippen LogP contribution is 2.22. The van der Waals surface area contributed by atoms with Gasteiger partial charge in [0.15, 0.2) is 0 Å². The topological polar surface area (TPSA) is 15.3 Å². The van der Waals surface area contributed by atoms with Gasteiger partial charge in [-0.3, -0.25) is 0 Å². The van der Waals surface area contributed by atoms with E-state index in [0.717, 1.165) is 18.5 Å². The molecule has 1 aromatic rings. The molecule has 14 heavy (non-hydrogen) atoms. The van der Waals surface area contributed by atoms with E-state index in [-0.39, 0.29) is 5.82 Å². The molecule has 0 spiro atoms. The van der Waals surface area contributed by atoms with E-state index in [1.54, 1.807) is 6.07 Å². The number of benzene rings is 1. The highest BCUT2D eigenvalue weighted by Gasteiger charge is 2.09. The van der Waals surface area contributed by atoms with Crippen LogP contribution in [-0.4, -0.2) is 27.7 Å². The fraction of sp³-hybridized carbons (Fsp3) is 0.455. The molecule has 0 heterocycles. The summed E-state index contributed by atoms with van der Waals surface area (Å²) in [6.45, 7) is 0.865. The van der Waals surface area contributed by atoms with Crippen LogP contribution in [0.25, 0.3) is 0 Å². The summed E-state index contributed by atoms with van der Waals surface area (Å²) in [6.07, 6.45) is 0.849. The van der Waals surface area contributed by atoms with Crippen LogP contribution < -0.4 is 10.2 Å². The number of likely N-dealkylation sites (N-methyl/N-ethyl adjacent to an activating group) is 1. The summed E-state index contributed by atoms with van der Waals surface area (Å²) in [7, 11) is 5.62. The Morgan fingerprint density at radius 1 is 1.36 bits per heavy atom. The summed E-state index contributed by atoms with van der Waals surface area (Å²) in [5, 5.41) is 3.06. The number of anilines is 1. The minimum Gasteiger partial charge on any atom is -0.375 e. The van der Waals surface area contributed by atoms with Crippen LogP contribution in [0.2, 0.25) is 0 Å². The van der Waals surface area contributed by atoms with E-state index >= 15 is 0 Å². The number of hydrogen-bond acceptors (Lipinski definition) is 2. The summed E-state index contributed by atoms with van der Waals surface area (Å²) < 4.78 is 13.5. The van der Waals surface area contributed by atoms with Crippen molar-refractivity contribution in [2.24, 2.45) is 0 Å². The Bertz CT molecular complexity index is 297. The van der Waals surface area contributed by atoms with E-state index in [0.29, 0.717) is 5.69 Å². The Balaban J connectivity index is 2.96. The van der Waals surface area contributed by atoms with Crippen LogP contribution in [-0.2, 0) is 6.42 Å². The molecule has 1 rings (SSSR count). The Hall–Kier alpha value is -1.09. The molecule has 0 fully saturated rings. The van der Waals surface area contributed by atoms with Crippen LogP contribution in [0.4, 0.5) is 10.1 Å². The molecule has 0 radical (unpaired) electrons. The number of halogens is 1. The largest absolute Gasteiger partial charge is 0.375 e. The molecule has 0 aliphatic carbocycles. The second kappa shape index (κ2) is 4.96. The molecule has 1 N–H and O–H groups in total. The first-order valence-electron chi connectivity index (χ1n) is 4.76. The molecule has 78 valence electrons. The lowest BCUT2D eigenvalue weighted by Crippen LogP contribution is -2.16. The van der Waals surface area contributed by atoms with Gasteiger partial charge in [-0.25, -0.2) is 4.39 Å². The maximum Gasteiger partial charge on any atom is 0.146 e. The predicted molar refractivity (Wildman–Crippen MR) is 58.4 cm³/mol. The molecule has 0 unspecified atom stereocenters. The second-order valence-corrected chi connectivity index (χ2v) is 3.50. The Morgan fingerprint density at radius 2 is 2.07 bits per heavy atom. The van der Waals surface area contributed by atoms with Gasteiger partial charge in [0.25, 0.3) is 0 Å². The monoisotopic (exact) mass is 196 g/mol. The average Bonchev–Trinajstić information content (AvgIpc) is 2.14. The Labute approximate surface area is 84.7 Å². The lowest BCUT2D eigenvalue weighted by Gasteiger charge is -2.18. The van der Waals surface area contributed by atoms with Crippen molar-refractivity contribution in [3.05, 3.63) is 29.6 Å². The van der Waals surface area contributed by atoms with Gasteiger partial charge in [0, 0.05) is 14.1 Å². The second-order valence-electron chi connectivity index (χ2n) is 3.50. The van der Waals surface area contributed by atoms with Crippen molar-refractivity contribution in [3.63, 3.8) is 0 Å². The quantitative estimate of drug-likeness (QED) is 0.787. The zero-order valence-corrected chi connectivity index (χ0v) is 8.97. The molecule has 0 aliphatic heterocycles. The summed E-state index contributed by atoms with van der Waals surface area (Å²) in [6, 6.07) is 5.22. The van der Waals surface area contributed by atoms with Crippen molar-refractivity contribution in [2.45, 2.75) is 6.42 Å². The normalized spacial score (nSPS) is 10.3. The van der Waals surface area contributed by atoms with Crippen molar-refractivity contribution in [3.8, 4) is 0 Å². The first-order valence-corrected chi connectivity index (χ1v) is 4.76. The van der Waals surface area contributed by atoms with Crippen molar-refractivity contribution in [1.29, 1.82) is 0 Å². The highest BCUT2D eigenvalue weighted by molar-refractivity contribution is 5.53. The minimum absolute atomic E-state index is 0.149. The molecule has 0 bridgehead atoms. The van der Waals surface area contributed by atoms with Crippen molar-refractivity contribution >= 4 is 5.69 Å². The third-order valence-electron chi connectivity index (χ3n) is 2.16. The highest BCUT2D eigenvalue weighted by atomic mass is 19.1. The van der Waals surface area contributed by atoms with Gasteiger partial charge in [0.05, 0.1) is 5.69 Å². The van der Waals surface area contributed by atoms with E-state index < -0.39 is 0 Å². The zero-order valence-electron chi connectivity index (χ0n) is 8.97. The predicted octanol–water partition coefficient (Wildman–Crippen LogP) is 1.65. The summed E-state index contributed by atoms with van der Waals surface area (Å²) in [5.41, 5.74) is 1.74. The molecule has 0 aromatic heterocycles. The van der Waals surface area contributed by atoms with Crippen LogP contribution in [0.1, 0.15) is 5.56 Å². The number of hydrogen-bond donors (Lipinski definition) is 1. The number of rotatable bonds is 4. The molecule has 2 nitrogen and oxygen atoms in total. The molecule has 3 heteroatoms. The van der Waals surface area contributed by atoms with Gasteiger partial charge >= 0.3 is 0 Å². The molecule has 1 aromatic carbocycles. The third kappa shape index (κ3) is 2.45. The maximum atomic E-state index is 13.5. The average molecular weight is 196 g/mol. The van der Waals surface area contributed by atoms with E-state index in [2.05, 4.69) is 5.32 Å². The molecular formula is C11H17FN2. The number of nitrogens with zero attached hydrogens (tertiary/aromatic N) is 1.